The molecular weight excluding hydrogens is 356 g/mol. The lowest BCUT2D eigenvalue weighted by atomic mass is 10.2. The molecule has 3 aromatic rings. The van der Waals surface area contributed by atoms with Crippen LogP contribution in [0.2, 0.25) is 5.02 Å². The van der Waals surface area contributed by atoms with E-state index in [1.807, 2.05) is 36.4 Å². The van der Waals surface area contributed by atoms with Gasteiger partial charge in [0.15, 0.2) is 5.82 Å². The summed E-state index contributed by atoms with van der Waals surface area (Å²) in [4.78, 5) is 4.54. The molecule has 128 valence electrons. The van der Waals surface area contributed by atoms with Crippen LogP contribution in [0.1, 0.15) is 10.6 Å². The van der Waals surface area contributed by atoms with Gasteiger partial charge in [-0.1, -0.05) is 35.1 Å². The van der Waals surface area contributed by atoms with Gasteiger partial charge in [-0.25, -0.2) is 0 Å². The highest BCUT2D eigenvalue weighted by Crippen LogP contribution is 2.24. The predicted octanol–water partition coefficient (Wildman–Crippen LogP) is 2.90. The molecule has 25 heavy (non-hydrogen) atoms. The molecule has 0 N–H and O–H groups in total. The molecule has 8 heteroatoms. The van der Waals surface area contributed by atoms with Crippen molar-refractivity contribution in [3.63, 3.8) is 0 Å². The van der Waals surface area contributed by atoms with Crippen molar-refractivity contribution in [2.75, 3.05) is 36.0 Å². The van der Waals surface area contributed by atoms with Crippen molar-refractivity contribution in [2.45, 2.75) is 6.42 Å². The highest BCUT2D eigenvalue weighted by molar-refractivity contribution is 7.15. The van der Waals surface area contributed by atoms with Crippen LogP contribution in [0, 0.1) is 0 Å². The van der Waals surface area contributed by atoms with Crippen LogP contribution in [0.3, 0.4) is 0 Å². The third-order valence-corrected chi connectivity index (χ3v) is 5.39. The normalized spacial score (nSPS) is 14.8. The Kier molecular flexibility index (Phi) is 4.76. The van der Waals surface area contributed by atoms with Crippen LogP contribution < -0.4 is 9.80 Å². The Morgan fingerprint density at radius 1 is 0.920 bits per heavy atom. The Balaban J connectivity index is 1.37. The molecule has 1 aliphatic heterocycles. The van der Waals surface area contributed by atoms with E-state index in [0.29, 0.717) is 0 Å². The van der Waals surface area contributed by atoms with Crippen molar-refractivity contribution in [1.29, 1.82) is 0 Å². The van der Waals surface area contributed by atoms with E-state index in [-0.39, 0.29) is 0 Å². The van der Waals surface area contributed by atoms with Crippen molar-refractivity contribution < 1.29 is 0 Å². The average molecular weight is 373 g/mol. The second kappa shape index (κ2) is 7.33. The summed E-state index contributed by atoms with van der Waals surface area (Å²) in [7, 11) is 0. The molecule has 0 amide bonds. The summed E-state index contributed by atoms with van der Waals surface area (Å²) in [6, 6.07) is 11.8. The smallest absolute Gasteiger partial charge is 0.208 e. The van der Waals surface area contributed by atoms with E-state index in [4.69, 9.17) is 11.6 Å². The number of nitrogens with zero attached hydrogens (tertiary/aromatic N) is 6. The fourth-order valence-electron chi connectivity index (χ4n) is 2.81. The average Bonchev–Trinajstić information content (AvgIpc) is 3.13. The molecule has 0 aliphatic carbocycles. The van der Waals surface area contributed by atoms with Crippen LogP contribution in [0.5, 0.6) is 0 Å². The van der Waals surface area contributed by atoms with E-state index in [0.717, 1.165) is 53.6 Å². The van der Waals surface area contributed by atoms with E-state index < -0.39 is 0 Å². The van der Waals surface area contributed by atoms with Crippen LogP contribution in [0.25, 0.3) is 0 Å². The Morgan fingerprint density at radius 3 is 2.40 bits per heavy atom. The van der Waals surface area contributed by atoms with E-state index in [9.17, 15) is 0 Å². The fourth-order valence-corrected chi connectivity index (χ4v) is 3.86. The molecule has 1 saturated heterocycles. The van der Waals surface area contributed by atoms with Gasteiger partial charge in [0, 0.05) is 43.8 Å². The molecule has 1 aromatic carbocycles. The summed E-state index contributed by atoms with van der Waals surface area (Å²) >= 11 is 7.59. The Labute approximate surface area is 155 Å². The largest absolute Gasteiger partial charge is 0.352 e. The quantitative estimate of drug-likeness (QED) is 0.701. The van der Waals surface area contributed by atoms with Gasteiger partial charge in [0.2, 0.25) is 5.13 Å². The summed E-state index contributed by atoms with van der Waals surface area (Å²) in [6.07, 6.45) is 2.48. The van der Waals surface area contributed by atoms with Gasteiger partial charge in [-0.05, 0) is 29.8 Å². The molecule has 2 aromatic heterocycles. The van der Waals surface area contributed by atoms with E-state index >= 15 is 0 Å². The third kappa shape index (κ3) is 3.88. The number of rotatable bonds is 4. The number of piperazine rings is 1. The Bertz CT molecular complexity index is 815. The van der Waals surface area contributed by atoms with Gasteiger partial charge in [0.1, 0.15) is 5.01 Å². The monoisotopic (exact) mass is 372 g/mol. The molecule has 0 spiro atoms. The molecule has 3 heterocycles. The number of aromatic nitrogens is 4. The van der Waals surface area contributed by atoms with Crippen LogP contribution >= 0.6 is 22.9 Å². The molecule has 4 rings (SSSR count). The summed E-state index contributed by atoms with van der Waals surface area (Å²) < 4.78 is 0. The maximum Gasteiger partial charge on any atom is 0.208 e. The molecule has 1 aliphatic rings. The number of benzene rings is 1. The van der Waals surface area contributed by atoms with Crippen molar-refractivity contribution in [1.82, 2.24) is 20.4 Å². The lowest BCUT2D eigenvalue weighted by Gasteiger charge is -2.34. The zero-order chi connectivity index (χ0) is 17.1. The van der Waals surface area contributed by atoms with Crippen molar-refractivity contribution >= 4 is 33.9 Å². The standard InChI is InChI=1S/C17H17ClN6S/c18-14-5-3-13(4-6-14)12-16-21-22-17(25-16)24-10-8-23(9-11-24)15-2-1-7-19-20-15/h1-7H,8-12H2. The Morgan fingerprint density at radius 2 is 1.68 bits per heavy atom. The second-order valence-corrected chi connectivity index (χ2v) is 7.31. The summed E-state index contributed by atoms with van der Waals surface area (Å²) in [5, 5.41) is 19.6. The Hall–Kier alpha value is -2.25. The number of halogens is 1. The molecule has 0 bridgehead atoms. The van der Waals surface area contributed by atoms with Gasteiger partial charge < -0.3 is 9.80 Å². The number of hydrogen-bond donors (Lipinski definition) is 0. The number of anilines is 2. The van der Waals surface area contributed by atoms with Crippen molar-refractivity contribution in [3.8, 4) is 0 Å². The summed E-state index contributed by atoms with van der Waals surface area (Å²) in [6.45, 7) is 3.63. The summed E-state index contributed by atoms with van der Waals surface area (Å²) in [5.74, 6) is 0.933. The first kappa shape index (κ1) is 16.2. The molecule has 6 nitrogen and oxygen atoms in total. The topological polar surface area (TPSA) is 58.0 Å². The molecule has 0 unspecified atom stereocenters. The lowest BCUT2D eigenvalue weighted by molar-refractivity contribution is 0.640. The molecular formula is C17H17ClN6S. The fraction of sp³-hybridized carbons (Fsp3) is 0.294. The summed E-state index contributed by atoms with van der Waals surface area (Å²) in [5.41, 5.74) is 1.19. The minimum atomic E-state index is 0.752. The van der Waals surface area contributed by atoms with Gasteiger partial charge >= 0.3 is 0 Å². The molecule has 0 atom stereocenters. The molecule has 0 radical (unpaired) electrons. The van der Waals surface area contributed by atoms with Gasteiger partial charge in [-0.2, -0.15) is 5.10 Å². The maximum absolute atomic E-state index is 5.93. The molecule has 0 saturated carbocycles. The minimum Gasteiger partial charge on any atom is -0.352 e. The zero-order valence-corrected chi connectivity index (χ0v) is 15.1. The van der Waals surface area contributed by atoms with Gasteiger partial charge in [-0.15, -0.1) is 15.3 Å². The predicted molar refractivity (Wildman–Crippen MR) is 101 cm³/mol. The maximum atomic E-state index is 5.93. The van der Waals surface area contributed by atoms with Crippen LogP contribution in [0.4, 0.5) is 10.9 Å². The van der Waals surface area contributed by atoms with Gasteiger partial charge in [0.25, 0.3) is 0 Å². The van der Waals surface area contributed by atoms with E-state index in [2.05, 4.69) is 30.2 Å². The van der Waals surface area contributed by atoms with Crippen LogP contribution in [0.15, 0.2) is 42.6 Å². The number of hydrogen-bond acceptors (Lipinski definition) is 7. The van der Waals surface area contributed by atoms with Crippen molar-refractivity contribution in [3.05, 3.63) is 58.2 Å². The highest BCUT2D eigenvalue weighted by atomic mass is 35.5. The first-order chi connectivity index (χ1) is 12.3. The first-order valence-electron chi connectivity index (χ1n) is 8.12. The van der Waals surface area contributed by atoms with E-state index in [1.165, 1.54) is 5.56 Å². The minimum absolute atomic E-state index is 0.752. The third-order valence-electron chi connectivity index (χ3n) is 4.16. The SMILES string of the molecule is Clc1ccc(Cc2nnc(N3CCN(c4cccnn4)CC3)s2)cc1. The van der Waals surface area contributed by atoms with Gasteiger partial charge in [-0.3, -0.25) is 0 Å². The lowest BCUT2D eigenvalue weighted by Crippen LogP contribution is -2.46. The van der Waals surface area contributed by atoms with Crippen molar-refractivity contribution in [2.24, 2.45) is 0 Å². The van der Waals surface area contributed by atoms with Crippen LogP contribution in [-0.2, 0) is 6.42 Å². The molecule has 1 fully saturated rings. The van der Waals surface area contributed by atoms with Crippen LogP contribution in [-0.4, -0.2) is 46.6 Å². The zero-order valence-electron chi connectivity index (χ0n) is 13.5. The first-order valence-corrected chi connectivity index (χ1v) is 9.32. The van der Waals surface area contributed by atoms with Gasteiger partial charge in [0.05, 0.1) is 0 Å². The second-order valence-electron chi connectivity index (χ2n) is 5.84. The van der Waals surface area contributed by atoms with E-state index in [1.54, 1.807) is 17.5 Å². The highest BCUT2D eigenvalue weighted by Gasteiger charge is 2.21.